The quantitative estimate of drug-likeness (QED) is 0.886. The predicted molar refractivity (Wildman–Crippen MR) is 86.0 cm³/mol. The molecule has 0 radical (unpaired) electrons. The number of aromatic amines is 1. The van der Waals surface area contributed by atoms with Gasteiger partial charge in [-0.05, 0) is 43.5 Å². The number of hydrogen-bond acceptors (Lipinski definition) is 4. The van der Waals surface area contributed by atoms with Crippen molar-refractivity contribution in [2.45, 2.75) is 38.5 Å². The standard InChI is InChI=1S/C15H21N3O3S/c1-9(2)13-8-12(6-7-14(13)21-5)18-22(19,20)15-10(3)16-17-11(15)4/h6-9,18H,1-5H3,(H,16,17). The van der Waals surface area contributed by atoms with Crippen molar-refractivity contribution in [1.82, 2.24) is 10.2 Å². The van der Waals surface area contributed by atoms with E-state index in [2.05, 4.69) is 14.9 Å². The summed E-state index contributed by atoms with van der Waals surface area (Å²) in [6, 6.07) is 5.25. The molecule has 0 aliphatic carbocycles. The van der Waals surface area contributed by atoms with E-state index in [1.165, 1.54) is 0 Å². The first-order chi connectivity index (χ1) is 10.3. The van der Waals surface area contributed by atoms with Crippen molar-refractivity contribution in [1.29, 1.82) is 0 Å². The molecule has 2 N–H and O–H groups in total. The van der Waals surface area contributed by atoms with Gasteiger partial charge >= 0.3 is 0 Å². The van der Waals surface area contributed by atoms with Crippen LogP contribution in [-0.2, 0) is 10.0 Å². The predicted octanol–water partition coefficient (Wildman–Crippen LogP) is 2.96. The molecule has 1 heterocycles. The van der Waals surface area contributed by atoms with Crippen molar-refractivity contribution in [2.75, 3.05) is 11.8 Å². The van der Waals surface area contributed by atoms with Gasteiger partial charge in [-0.2, -0.15) is 5.10 Å². The van der Waals surface area contributed by atoms with Crippen LogP contribution in [0.1, 0.15) is 36.7 Å². The Morgan fingerprint density at radius 3 is 2.45 bits per heavy atom. The highest BCUT2D eigenvalue weighted by atomic mass is 32.2. The van der Waals surface area contributed by atoms with E-state index < -0.39 is 10.0 Å². The maximum absolute atomic E-state index is 12.5. The van der Waals surface area contributed by atoms with Gasteiger partial charge in [0.1, 0.15) is 10.6 Å². The number of sulfonamides is 1. The van der Waals surface area contributed by atoms with Crippen LogP contribution in [0.4, 0.5) is 5.69 Å². The molecule has 0 fully saturated rings. The van der Waals surface area contributed by atoms with E-state index in [1.807, 2.05) is 13.8 Å². The smallest absolute Gasteiger partial charge is 0.265 e. The van der Waals surface area contributed by atoms with Crippen molar-refractivity contribution < 1.29 is 13.2 Å². The minimum atomic E-state index is -3.68. The molecule has 0 aliphatic heterocycles. The molecule has 22 heavy (non-hydrogen) atoms. The number of hydrogen-bond donors (Lipinski definition) is 2. The van der Waals surface area contributed by atoms with Gasteiger partial charge in [0.05, 0.1) is 18.5 Å². The van der Waals surface area contributed by atoms with Crippen LogP contribution in [0, 0.1) is 13.8 Å². The molecule has 0 amide bonds. The van der Waals surface area contributed by atoms with Gasteiger partial charge in [-0.15, -0.1) is 0 Å². The summed E-state index contributed by atoms with van der Waals surface area (Å²) in [4.78, 5) is 0.189. The Kier molecular flexibility index (Phi) is 4.46. The minimum absolute atomic E-state index is 0.189. The summed E-state index contributed by atoms with van der Waals surface area (Å²) in [5.74, 6) is 0.963. The third kappa shape index (κ3) is 3.09. The van der Waals surface area contributed by atoms with Crippen LogP contribution in [0.3, 0.4) is 0 Å². The highest BCUT2D eigenvalue weighted by Gasteiger charge is 2.22. The number of H-pyrrole nitrogens is 1. The van der Waals surface area contributed by atoms with Crippen LogP contribution >= 0.6 is 0 Å². The van der Waals surface area contributed by atoms with Crippen molar-refractivity contribution in [3.63, 3.8) is 0 Å². The van der Waals surface area contributed by atoms with E-state index in [9.17, 15) is 8.42 Å². The van der Waals surface area contributed by atoms with Crippen LogP contribution in [0.25, 0.3) is 0 Å². The van der Waals surface area contributed by atoms with E-state index in [4.69, 9.17) is 4.74 Å². The Balaban J connectivity index is 2.41. The van der Waals surface area contributed by atoms with Gasteiger partial charge in [-0.25, -0.2) is 8.42 Å². The fraction of sp³-hybridized carbons (Fsp3) is 0.400. The lowest BCUT2D eigenvalue weighted by atomic mass is 10.0. The van der Waals surface area contributed by atoms with Gasteiger partial charge in [0, 0.05) is 5.69 Å². The zero-order chi connectivity index (χ0) is 16.5. The summed E-state index contributed by atoms with van der Waals surface area (Å²) >= 11 is 0. The molecule has 0 saturated heterocycles. The second-order valence-corrected chi connectivity index (χ2v) is 7.10. The molecule has 120 valence electrons. The third-order valence-electron chi connectivity index (χ3n) is 3.43. The molecule has 0 bridgehead atoms. The van der Waals surface area contributed by atoms with E-state index in [1.54, 1.807) is 39.2 Å². The molecule has 2 rings (SSSR count). The number of nitrogens with one attached hydrogen (secondary N) is 2. The summed E-state index contributed by atoms with van der Waals surface area (Å²) < 4.78 is 33.0. The summed E-state index contributed by atoms with van der Waals surface area (Å²) in [6.07, 6.45) is 0. The second-order valence-electron chi connectivity index (χ2n) is 5.48. The maximum atomic E-state index is 12.5. The normalized spacial score (nSPS) is 11.7. The van der Waals surface area contributed by atoms with Gasteiger partial charge in [-0.1, -0.05) is 13.8 Å². The topological polar surface area (TPSA) is 84.1 Å². The number of methoxy groups -OCH3 is 1. The van der Waals surface area contributed by atoms with Crippen LogP contribution in [0.2, 0.25) is 0 Å². The Bertz CT molecular complexity index is 760. The monoisotopic (exact) mass is 323 g/mol. The van der Waals surface area contributed by atoms with Crippen LogP contribution < -0.4 is 9.46 Å². The van der Waals surface area contributed by atoms with Gasteiger partial charge in [0.15, 0.2) is 0 Å². The summed E-state index contributed by atoms with van der Waals surface area (Å²) in [5, 5.41) is 6.62. The maximum Gasteiger partial charge on any atom is 0.265 e. The Hall–Kier alpha value is -2.02. The first-order valence-corrected chi connectivity index (χ1v) is 8.47. The molecule has 0 saturated carbocycles. The Morgan fingerprint density at radius 2 is 1.95 bits per heavy atom. The first-order valence-electron chi connectivity index (χ1n) is 6.98. The average Bonchev–Trinajstić information content (AvgIpc) is 2.78. The van der Waals surface area contributed by atoms with Crippen LogP contribution in [0.5, 0.6) is 5.75 Å². The fourth-order valence-corrected chi connectivity index (χ4v) is 3.81. The number of benzene rings is 1. The van der Waals surface area contributed by atoms with Gasteiger partial charge < -0.3 is 4.74 Å². The van der Waals surface area contributed by atoms with Crippen molar-refractivity contribution in [2.24, 2.45) is 0 Å². The van der Waals surface area contributed by atoms with E-state index in [0.29, 0.717) is 17.1 Å². The van der Waals surface area contributed by atoms with Gasteiger partial charge in [0.25, 0.3) is 10.0 Å². The summed E-state index contributed by atoms with van der Waals surface area (Å²) in [5.41, 5.74) is 2.41. The molecular weight excluding hydrogens is 302 g/mol. The van der Waals surface area contributed by atoms with Crippen molar-refractivity contribution in [3.05, 3.63) is 35.2 Å². The highest BCUT2D eigenvalue weighted by Crippen LogP contribution is 2.30. The van der Waals surface area contributed by atoms with Crippen molar-refractivity contribution in [3.8, 4) is 5.75 Å². The molecule has 0 atom stereocenters. The number of ether oxygens (including phenoxy) is 1. The Morgan fingerprint density at radius 1 is 1.27 bits per heavy atom. The summed E-state index contributed by atoms with van der Waals surface area (Å²) in [6.45, 7) is 7.40. The fourth-order valence-electron chi connectivity index (χ4n) is 2.39. The van der Waals surface area contributed by atoms with Gasteiger partial charge in [-0.3, -0.25) is 9.82 Å². The molecule has 0 aliphatic rings. The lowest BCUT2D eigenvalue weighted by Crippen LogP contribution is -2.15. The van der Waals surface area contributed by atoms with Crippen molar-refractivity contribution >= 4 is 15.7 Å². The molecule has 6 nitrogen and oxygen atoms in total. The number of rotatable bonds is 5. The molecule has 2 aromatic rings. The molecule has 1 aromatic carbocycles. The Labute approximate surface area is 130 Å². The largest absolute Gasteiger partial charge is 0.496 e. The molecule has 7 heteroatoms. The molecule has 0 unspecified atom stereocenters. The molecule has 0 spiro atoms. The lowest BCUT2D eigenvalue weighted by molar-refractivity contribution is 0.407. The zero-order valence-electron chi connectivity index (χ0n) is 13.4. The first kappa shape index (κ1) is 16.4. The minimum Gasteiger partial charge on any atom is -0.496 e. The lowest BCUT2D eigenvalue weighted by Gasteiger charge is -2.15. The summed E-state index contributed by atoms with van der Waals surface area (Å²) in [7, 11) is -2.08. The van der Waals surface area contributed by atoms with Crippen LogP contribution in [-0.4, -0.2) is 25.7 Å². The second kappa shape index (κ2) is 6.00. The highest BCUT2D eigenvalue weighted by molar-refractivity contribution is 7.92. The number of aromatic nitrogens is 2. The molecular formula is C15H21N3O3S. The number of aryl methyl sites for hydroxylation is 2. The van der Waals surface area contributed by atoms with E-state index in [0.717, 1.165) is 11.3 Å². The molecule has 1 aromatic heterocycles. The van der Waals surface area contributed by atoms with E-state index in [-0.39, 0.29) is 10.8 Å². The van der Waals surface area contributed by atoms with Gasteiger partial charge in [0.2, 0.25) is 0 Å². The zero-order valence-corrected chi connectivity index (χ0v) is 14.2. The average molecular weight is 323 g/mol. The van der Waals surface area contributed by atoms with Crippen LogP contribution in [0.15, 0.2) is 23.1 Å². The third-order valence-corrected chi connectivity index (χ3v) is 5.08. The SMILES string of the molecule is COc1ccc(NS(=O)(=O)c2c(C)n[nH]c2C)cc1C(C)C. The van der Waals surface area contributed by atoms with E-state index >= 15 is 0 Å². The number of anilines is 1. The number of nitrogens with zero attached hydrogens (tertiary/aromatic N) is 1.